The summed E-state index contributed by atoms with van der Waals surface area (Å²) in [6.07, 6.45) is 5.38. The molecule has 3 aromatic rings. The van der Waals surface area contributed by atoms with Gasteiger partial charge in [0.05, 0.1) is 12.0 Å². The van der Waals surface area contributed by atoms with Crippen LogP contribution in [0.1, 0.15) is 21.5 Å². The van der Waals surface area contributed by atoms with Crippen LogP contribution in [0.2, 0.25) is 0 Å². The van der Waals surface area contributed by atoms with E-state index < -0.39 is 0 Å². The topological polar surface area (TPSA) is 46.9 Å². The van der Waals surface area contributed by atoms with Gasteiger partial charge >= 0.3 is 0 Å². The van der Waals surface area contributed by atoms with Crippen molar-refractivity contribution in [3.8, 4) is 5.69 Å². The average Bonchev–Trinajstić information content (AvgIpc) is 3.07. The Morgan fingerprint density at radius 2 is 2.05 bits per heavy atom. The molecule has 4 nitrogen and oxygen atoms in total. The second-order valence-corrected chi connectivity index (χ2v) is 5.15. The first kappa shape index (κ1) is 14.1. The summed E-state index contributed by atoms with van der Waals surface area (Å²) in [5.74, 6) is -0.0656. The van der Waals surface area contributed by atoms with Crippen molar-refractivity contribution in [1.82, 2.24) is 14.9 Å². The summed E-state index contributed by atoms with van der Waals surface area (Å²) in [6.45, 7) is 2.45. The van der Waals surface area contributed by atoms with Crippen LogP contribution in [-0.2, 0) is 6.54 Å². The molecule has 0 radical (unpaired) electrons. The lowest BCUT2D eigenvalue weighted by atomic mass is 10.1. The zero-order valence-corrected chi connectivity index (χ0v) is 12.4. The first-order valence-electron chi connectivity index (χ1n) is 7.15. The summed E-state index contributed by atoms with van der Waals surface area (Å²) in [5, 5.41) is 2.97. The molecule has 2 aromatic carbocycles. The van der Waals surface area contributed by atoms with Crippen molar-refractivity contribution in [2.24, 2.45) is 0 Å². The molecular weight excluding hydrogens is 274 g/mol. The van der Waals surface area contributed by atoms with Crippen LogP contribution in [0.3, 0.4) is 0 Å². The number of nitrogens with one attached hydrogen (secondary N) is 1. The average molecular weight is 291 g/mol. The van der Waals surface area contributed by atoms with E-state index in [1.54, 1.807) is 12.5 Å². The number of carbonyl (C=O) groups excluding carboxylic acids is 1. The molecule has 110 valence electrons. The lowest BCUT2D eigenvalue weighted by Crippen LogP contribution is -2.23. The Hall–Kier alpha value is -2.88. The smallest absolute Gasteiger partial charge is 0.251 e. The van der Waals surface area contributed by atoms with Crippen molar-refractivity contribution >= 4 is 5.91 Å². The number of imidazole rings is 1. The summed E-state index contributed by atoms with van der Waals surface area (Å²) in [7, 11) is 0. The van der Waals surface area contributed by atoms with E-state index in [9.17, 15) is 4.79 Å². The molecule has 0 aliphatic rings. The number of benzene rings is 2. The molecule has 1 N–H and O–H groups in total. The van der Waals surface area contributed by atoms with E-state index >= 15 is 0 Å². The number of hydrogen-bond acceptors (Lipinski definition) is 2. The molecule has 0 fully saturated rings. The molecule has 1 heterocycles. The zero-order chi connectivity index (χ0) is 15.4. The maximum atomic E-state index is 12.2. The Morgan fingerprint density at radius 3 is 2.82 bits per heavy atom. The minimum absolute atomic E-state index is 0.0656. The predicted octanol–water partition coefficient (Wildman–Crippen LogP) is 3.11. The van der Waals surface area contributed by atoms with Crippen LogP contribution in [0, 0.1) is 6.92 Å². The number of rotatable bonds is 4. The summed E-state index contributed by atoms with van der Waals surface area (Å²) < 4.78 is 1.94. The zero-order valence-electron chi connectivity index (χ0n) is 12.4. The largest absolute Gasteiger partial charge is 0.348 e. The van der Waals surface area contributed by atoms with E-state index in [4.69, 9.17) is 0 Å². The highest BCUT2D eigenvalue weighted by atomic mass is 16.1. The molecule has 0 unspecified atom stereocenters. The third-order valence-corrected chi connectivity index (χ3v) is 3.49. The van der Waals surface area contributed by atoms with Crippen LogP contribution in [0.4, 0.5) is 0 Å². The molecule has 1 amide bonds. The second kappa shape index (κ2) is 6.26. The van der Waals surface area contributed by atoms with Crippen LogP contribution >= 0.6 is 0 Å². The van der Waals surface area contributed by atoms with E-state index in [1.165, 1.54) is 0 Å². The molecule has 0 saturated heterocycles. The Kier molecular flexibility index (Phi) is 4.01. The van der Waals surface area contributed by atoms with Gasteiger partial charge in [-0.3, -0.25) is 4.79 Å². The third-order valence-electron chi connectivity index (χ3n) is 3.49. The Morgan fingerprint density at radius 1 is 1.18 bits per heavy atom. The summed E-state index contributed by atoms with van der Waals surface area (Å²) in [4.78, 5) is 16.3. The molecule has 0 spiro atoms. The third kappa shape index (κ3) is 3.06. The van der Waals surface area contributed by atoms with Crippen LogP contribution in [0.25, 0.3) is 5.69 Å². The number of nitrogens with zero attached hydrogens (tertiary/aromatic N) is 2. The van der Waals surface area contributed by atoms with Crippen LogP contribution in [0.5, 0.6) is 0 Å². The normalized spacial score (nSPS) is 10.4. The standard InChI is InChI=1S/C18H17N3O/c1-14-5-4-7-15(11-14)18(22)20-12-16-6-2-3-8-17(16)21-10-9-19-13-21/h2-11,13H,12H2,1H3,(H,20,22). The van der Waals surface area contributed by atoms with E-state index in [0.29, 0.717) is 12.1 Å². The van der Waals surface area contributed by atoms with Crippen LogP contribution in [-0.4, -0.2) is 15.5 Å². The molecule has 0 aliphatic heterocycles. The highest BCUT2D eigenvalue weighted by Crippen LogP contribution is 2.14. The first-order valence-corrected chi connectivity index (χ1v) is 7.15. The number of carbonyl (C=O) groups is 1. The number of aromatic nitrogens is 2. The molecular formula is C18H17N3O. The maximum absolute atomic E-state index is 12.2. The molecule has 4 heteroatoms. The van der Waals surface area contributed by atoms with Gasteiger partial charge in [-0.05, 0) is 30.7 Å². The van der Waals surface area contributed by atoms with Gasteiger partial charge in [0, 0.05) is 24.5 Å². The monoisotopic (exact) mass is 291 g/mol. The van der Waals surface area contributed by atoms with Crippen molar-refractivity contribution in [3.05, 3.63) is 83.9 Å². The predicted molar refractivity (Wildman–Crippen MR) is 85.9 cm³/mol. The SMILES string of the molecule is Cc1cccc(C(=O)NCc2ccccc2-n2ccnc2)c1. The molecule has 22 heavy (non-hydrogen) atoms. The van der Waals surface area contributed by atoms with Crippen molar-refractivity contribution < 1.29 is 4.79 Å². The minimum Gasteiger partial charge on any atom is -0.348 e. The second-order valence-electron chi connectivity index (χ2n) is 5.15. The van der Waals surface area contributed by atoms with Crippen molar-refractivity contribution in [2.75, 3.05) is 0 Å². The molecule has 0 saturated carbocycles. The van der Waals surface area contributed by atoms with E-state index in [2.05, 4.69) is 10.3 Å². The lowest BCUT2D eigenvalue weighted by Gasteiger charge is -2.11. The quantitative estimate of drug-likeness (QED) is 0.803. The van der Waals surface area contributed by atoms with Crippen LogP contribution in [0.15, 0.2) is 67.3 Å². The Balaban J connectivity index is 1.76. The lowest BCUT2D eigenvalue weighted by molar-refractivity contribution is 0.0951. The van der Waals surface area contributed by atoms with Gasteiger partial charge in [-0.15, -0.1) is 0 Å². The van der Waals surface area contributed by atoms with Gasteiger partial charge in [0.15, 0.2) is 0 Å². The maximum Gasteiger partial charge on any atom is 0.251 e. The van der Waals surface area contributed by atoms with Gasteiger partial charge in [-0.25, -0.2) is 4.98 Å². The number of amides is 1. The number of aryl methyl sites for hydroxylation is 1. The summed E-state index contributed by atoms with van der Waals surface area (Å²) >= 11 is 0. The van der Waals surface area contributed by atoms with Gasteiger partial charge < -0.3 is 9.88 Å². The van der Waals surface area contributed by atoms with Gasteiger partial charge in [-0.2, -0.15) is 0 Å². The number of para-hydroxylation sites is 1. The molecule has 3 rings (SSSR count). The van der Waals surface area contributed by atoms with Gasteiger partial charge in [0.1, 0.15) is 0 Å². The van der Waals surface area contributed by atoms with E-state index in [1.807, 2.05) is 66.2 Å². The van der Waals surface area contributed by atoms with E-state index in [0.717, 1.165) is 16.8 Å². The highest BCUT2D eigenvalue weighted by molar-refractivity contribution is 5.94. The van der Waals surface area contributed by atoms with Gasteiger partial charge in [-0.1, -0.05) is 35.9 Å². The highest BCUT2D eigenvalue weighted by Gasteiger charge is 2.08. The summed E-state index contributed by atoms with van der Waals surface area (Å²) in [5.41, 5.74) is 3.82. The van der Waals surface area contributed by atoms with Gasteiger partial charge in [0.2, 0.25) is 0 Å². The minimum atomic E-state index is -0.0656. The van der Waals surface area contributed by atoms with E-state index in [-0.39, 0.29) is 5.91 Å². The Bertz CT molecular complexity index is 779. The Labute approximate surface area is 129 Å². The summed E-state index contributed by atoms with van der Waals surface area (Å²) in [6, 6.07) is 15.5. The fourth-order valence-electron chi connectivity index (χ4n) is 2.38. The van der Waals surface area contributed by atoms with Gasteiger partial charge in [0.25, 0.3) is 5.91 Å². The van der Waals surface area contributed by atoms with Crippen LogP contribution < -0.4 is 5.32 Å². The fourth-order valence-corrected chi connectivity index (χ4v) is 2.38. The van der Waals surface area contributed by atoms with Crippen molar-refractivity contribution in [2.45, 2.75) is 13.5 Å². The van der Waals surface area contributed by atoms with Crippen molar-refractivity contribution in [3.63, 3.8) is 0 Å². The van der Waals surface area contributed by atoms with Crippen molar-refractivity contribution in [1.29, 1.82) is 0 Å². The molecule has 0 bridgehead atoms. The molecule has 1 aromatic heterocycles. The molecule has 0 atom stereocenters. The number of hydrogen-bond donors (Lipinski definition) is 1. The fraction of sp³-hybridized carbons (Fsp3) is 0.111. The first-order chi connectivity index (χ1) is 10.7. The molecule has 0 aliphatic carbocycles.